The minimum absolute atomic E-state index is 0.237. The van der Waals surface area contributed by atoms with Gasteiger partial charge in [-0.05, 0) is 19.4 Å². The molecular weight excluding hydrogens is 188 g/mol. The molecule has 4 nitrogen and oxygen atoms in total. The van der Waals surface area contributed by atoms with Gasteiger partial charge in [-0.2, -0.15) is 0 Å². The molecule has 1 atom stereocenters. The van der Waals surface area contributed by atoms with Gasteiger partial charge in [0.2, 0.25) is 5.96 Å². The van der Waals surface area contributed by atoms with Crippen LogP contribution in [0, 0.1) is 6.92 Å². The van der Waals surface area contributed by atoms with Crippen molar-refractivity contribution in [2.45, 2.75) is 26.6 Å². The zero-order valence-corrected chi connectivity index (χ0v) is 9.04. The predicted molar refractivity (Wildman–Crippen MR) is 61.2 cm³/mol. The Morgan fingerprint density at radius 2 is 2.27 bits per heavy atom. The van der Waals surface area contributed by atoms with Gasteiger partial charge in [0, 0.05) is 0 Å². The van der Waals surface area contributed by atoms with E-state index in [9.17, 15) is 0 Å². The second kappa shape index (κ2) is 4.31. The van der Waals surface area contributed by atoms with E-state index in [1.165, 1.54) is 11.1 Å². The van der Waals surface area contributed by atoms with Gasteiger partial charge in [0.05, 0.1) is 12.7 Å². The molecule has 1 heterocycles. The lowest BCUT2D eigenvalue weighted by Gasteiger charge is -2.01. The van der Waals surface area contributed by atoms with E-state index >= 15 is 0 Å². The topological polar surface area (TPSA) is 48.5 Å². The van der Waals surface area contributed by atoms with Gasteiger partial charge < -0.3 is 5.32 Å². The third kappa shape index (κ3) is 2.70. The summed E-state index contributed by atoms with van der Waals surface area (Å²) in [5, 5.41) is 3.17. The molecule has 0 radical (unpaired) electrons. The summed E-state index contributed by atoms with van der Waals surface area (Å²) < 4.78 is 0. The molecule has 0 bridgehead atoms. The van der Waals surface area contributed by atoms with Crippen molar-refractivity contribution in [2.24, 2.45) is 4.99 Å². The molecule has 0 spiro atoms. The first-order valence-corrected chi connectivity index (χ1v) is 5.12. The smallest absolute Gasteiger partial charge is 0.207 e. The van der Waals surface area contributed by atoms with Crippen LogP contribution in [0.3, 0.4) is 0 Å². The Morgan fingerprint density at radius 3 is 2.93 bits per heavy atom. The molecule has 0 aromatic heterocycles. The second-order valence-corrected chi connectivity index (χ2v) is 3.79. The lowest BCUT2D eigenvalue weighted by Crippen LogP contribution is -2.30. The average molecular weight is 204 g/mol. The van der Waals surface area contributed by atoms with Gasteiger partial charge in [-0.1, -0.05) is 29.8 Å². The largest absolute Gasteiger partial charge is 0.339 e. The number of nitrogens with one attached hydrogen (secondary N) is 3. The Kier molecular flexibility index (Phi) is 2.87. The summed E-state index contributed by atoms with van der Waals surface area (Å²) >= 11 is 0. The average Bonchev–Trinajstić information content (AvgIpc) is 2.62. The molecule has 0 aliphatic carbocycles. The number of nitrogens with zero attached hydrogens (tertiary/aromatic N) is 1. The fraction of sp³-hybridized carbons (Fsp3) is 0.364. The second-order valence-electron chi connectivity index (χ2n) is 3.79. The first-order chi connectivity index (χ1) is 7.24. The first kappa shape index (κ1) is 9.98. The minimum Gasteiger partial charge on any atom is -0.339 e. The fourth-order valence-corrected chi connectivity index (χ4v) is 1.52. The maximum absolute atomic E-state index is 4.42. The lowest BCUT2D eigenvalue weighted by molar-refractivity contribution is 0.570. The fourth-order valence-electron chi connectivity index (χ4n) is 1.52. The van der Waals surface area contributed by atoms with Crippen molar-refractivity contribution >= 4 is 5.96 Å². The van der Waals surface area contributed by atoms with Crippen LogP contribution < -0.4 is 16.2 Å². The van der Waals surface area contributed by atoms with Crippen molar-refractivity contribution in [2.75, 3.05) is 0 Å². The van der Waals surface area contributed by atoms with Gasteiger partial charge >= 0.3 is 0 Å². The number of benzene rings is 1. The van der Waals surface area contributed by atoms with Crippen molar-refractivity contribution in [3.05, 3.63) is 35.4 Å². The van der Waals surface area contributed by atoms with E-state index in [1.54, 1.807) is 0 Å². The maximum atomic E-state index is 4.42. The van der Waals surface area contributed by atoms with Crippen LogP contribution in [-0.2, 0) is 6.54 Å². The summed E-state index contributed by atoms with van der Waals surface area (Å²) in [5.74, 6) is 0.809. The van der Waals surface area contributed by atoms with Gasteiger partial charge in [-0.3, -0.25) is 5.43 Å². The number of guanidine groups is 1. The SMILES string of the molecule is Cc1cccc(CN=C2NNC(C)N2)c1. The van der Waals surface area contributed by atoms with Crippen molar-refractivity contribution in [3.8, 4) is 0 Å². The van der Waals surface area contributed by atoms with Gasteiger partial charge in [0.15, 0.2) is 0 Å². The van der Waals surface area contributed by atoms with Crippen molar-refractivity contribution in [3.63, 3.8) is 0 Å². The molecule has 0 amide bonds. The number of hydrazine groups is 1. The molecule has 3 N–H and O–H groups in total. The summed E-state index contributed by atoms with van der Waals surface area (Å²) in [6, 6.07) is 8.38. The Labute approximate surface area is 89.8 Å². The molecule has 80 valence electrons. The molecule has 1 aliphatic rings. The maximum Gasteiger partial charge on any atom is 0.207 e. The summed E-state index contributed by atoms with van der Waals surface area (Å²) in [7, 11) is 0. The molecular formula is C11H16N4. The van der Waals surface area contributed by atoms with Crippen LogP contribution in [0.15, 0.2) is 29.3 Å². The quantitative estimate of drug-likeness (QED) is 0.670. The Hall–Kier alpha value is -1.55. The standard InChI is InChI=1S/C11H16N4/c1-8-4-3-5-10(6-8)7-12-11-13-9(2)14-15-11/h3-6,9,14H,7H2,1-2H3,(H2,12,13,15). The van der Waals surface area contributed by atoms with Gasteiger partial charge in [0.25, 0.3) is 0 Å². The number of hydrogen-bond donors (Lipinski definition) is 3. The van der Waals surface area contributed by atoms with Crippen LogP contribution in [0.2, 0.25) is 0 Å². The van der Waals surface area contributed by atoms with Crippen molar-refractivity contribution < 1.29 is 0 Å². The molecule has 1 aromatic rings. The molecule has 2 rings (SSSR count). The molecule has 1 unspecified atom stereocenters. The first-order valence-electron chi connectivity index (χ1n) is 5.12. The van der Waals surface area contributed by atoms with Crippen LogP contribution in [0.25, 0.3) is 0 Å². The highest BCUT2D eigenvalue weighted by atomic mass is 15.5. The number of rotatable bonds is 2. The zero-order valence-electron chi connectivity index (χ0n) is 9.04. The third-order valence-corrected chi connectivity index (χ3v) is 2.26. The number of aryl methyl sites for hydroxylation is 1. The summed E-state index contributed by atoms with van der Waals surface area (Å²) in [6.45, 7) is 4.82. The monoisotopic (exact) mass is 204 g/mol. The highest BCUT2D eigenvalue weighted by molar-refractivity contribution is 5.81. The highest BCUT2D eigenvalue weighted by Crippen LogP contribution is 2.05. The molecule has 4 heteroatoms. The van der Waals surface area contributed by atoms with E-state index in [0.717, 1.165) is 5.96 Å². The van der Waals surface area contributed by atoms with E-state index in [0.29, 0.717) is 6.54 Å². The van der Waals surface area contributed by atoms with Crippen LogP contribution in [-0.4, -0.2) is 12.1 Å². The Morgan fingerprint density at radius 1 is 1.40 bits per heavy atom. The molecule has 0 saturated carbocycles. The van der Waals surface area contributed by atoms with Crippen LogP contribution in [0.5, 0.6) is 0 Å². The number of aliphatic imine (C=N–C) groups is 1. The molecule has 1 saturated heterocycles. The summed E-state index contributed by atoms with van der Waals surface area (Å²) in [4.78, 5) is 4.42. The van der Waals surface area contributed by atoms with Gasteiger partial charge in [-0.25, -0.2) is 10.4 Å². The van der Waals surface area contributed by atoms with E-state index in [1.807, 2.05) is 6.92 Å². The number of hydrogen-bond acceptors (Lipinski definition) is 2. The minimum atomic E-state index is 0.237. The van der Waals surface area contributed by atoms with Crippen LogP contribution in [0.4, 0.5) is 0 Å². The molecule has 1 fully saturated rings. The summed E-state index contributed by atoms with van der Waals surface area (Å²) in [6.07, 6.45) is 0.237. The Bertz CT molecular complexity index is 373. The summed E-state index contributed by atoms with van der Waals surface area (Å²) in [5.41, 5.74) is 8.50. The van der Waals surface area contributed by atoms with E-state index < -0.39 is 0 Å². The zero-order chi connectivity index (χ0) is 10.7. The molecule has 15 heavy (non-hydrogen) atoms. The van der Waals surface area contributed by atoms with E-state index in [2.05, 4.69) is 52.3 Å². The van der Waals surface area contributed by atoms with E-state index in [-0.39, 0.29) is 6.17 Å². The third-order valence-electron chi connectivity index (χ3n) is 2.26. The highest BCUT2D eigenvalue weighted by Gasteiger charge is 2.11. The molecule has 1 aromatic carbocycles. The van der Waals surface area contributed by atoms with Crippen LogP contribution in [0.1, 0.15) is 18.1 Å². The normalized spacial score (nSPS) is 22.5. The van der Waals surface area contributed by atoms with Crippen molar-refractivity contribution in [1.29, 1.82) is 0 Å². The van der Waals surface area contributed by atoms with Crippen molar-refractivity contribution in [1.82, 2.24) is 16.2 Å². The van der Waals surface area contributed by atoms with Gasteiger partial charge in [0.1, 0.15) is 0 Å². The van der Waals surface area contributed by atoms with E-state index in [4.69, 9.17) is 0 Å². The lowest BCUT2D eigenvalue weighted by atomic mass is 10.1. The Balaban J connectivity index is 1.98. The molecule has 1 aliphatic heterocycles. The van der Waals surface area contributed by atoms with Crippen LogP contribution >= 0.6 is 0 Å². The predicted octanol–water partition coefficient (Wildman–Crippen LogP) is 0.894. The van der Waals surface area contributed by atoms with Gasteiger partial charge in [-0.15, -0.1) is 0 Å².